The Morgan fingerprint density at radius 1 is 1.14 bits per heavy atom. The maximum Gasteiger partial charge on any atom is 0.254 e. The molecule has 2 aliphatic rings. The predicted molar refractivity (Wildman–Crippen MR) is 111 cm³/mol. The lowest BCUT2D eigenvalue weighted by molar-refractivity contribution is -0.136. The molecule has 1 atom stereocenters. The second-order valence-corrected chi connectivity index (χ2v) is 8.90. The number of thiazole rings is 1. The zero-order valence-electron chi connectivity index (χ0n) is 16.6. The van der Waals surface area contributed by atoms with Crippen LogP contribution in [0.5, 0.6) is 0 Å². The number of hydrogen-bond acceptors (Lipinski definition) is 4. The minimum Gasteiger partial charge on any atom is -0.341 e. The van der Waals surface area contributed by atoms with Crippen molar-refractivity contribution >= 4 is 23.2 Å². The van der Waals surface area contributed by atoms with E-state index < -0.39 is 0 Å². The van der Waals surface area contributed by atoms with Crippen LogP contribution in [0.25, 0.3) is 10.6 Å². The van der Waals surface area contributed by atoms with Gasteiger partial charge in [0.2, 0.25) is 5.91 Å². The lowest BCUT2D eigenvalue weighted by Crippen LogP contribution is -2.49. The van der Waals surface area contributed by atoms with E-state index in [0.29, 0.717) is 18.0 Å². The van der Waals surface area contributed by atoms with Crippen LogP contribution in [0.15, 0.2) is 29.6 Å². The second-order valence-electron chi connectivity index (χ2n) is 8.04. The van der Waals surface area contributed by atoms with Gasteiger partial charge in [-0.05, 0) is 50.7 Å². The number of benzene rings is 1. The predicted octanol–water partition coefficient (Wildman–Crippen LogP) is 3.98. The molecule has 1 aromatic carbocycles. The summed E-state index contributed by atoms with van der Waals surface area (Å²) in [5, 5.41) is 2.93. The van der Waals surface area contributed by atoms with Gasteiger partial charge in [-0.2, -0.15) is 0 Å². The van der Waals surface area contributed by atoms with Gasteiger partial charge in [0.15, 0.2) is 0 Å². The van der Waals surface area contributed by atoms with E-state index in [1.54, 1.807) is 16.2 Å². The monoisotopic (exact) mass is 397 g/mol. The topological polar surface area (TPSA) is 53.5 Å². The molecule has 2 aliphatic heterocycles. The third kappa shape index (κ3) is 3.83. The summed E-state index contributed by atoms with van der Waals surface area (Å²) in [6, 6.07) is 7.32. The summed E-state index contributed by atoms with van der Waals surface area (Å²) in [6.07, 6.45) is 3.77. The van der Waals surface area contributed by atoms with Crippen LogP contribution in [0, 0.1) is 12.8 Å². The van der Waals surface area contributed by atoms with Crippen LogP contribution < -0.4 is 0 Å². The Balaban J connectivity index is 1.51. The van der Waals surface area contributed by atoms with Crippen molar-refractivity contribution in [3.63, 3.8) is 0 Å². The zero-order chi connectivity index (χ0) is 19.7. The largest absolute Gasteiger partial charge is 0.341 e. The molecule has 2 fully saturated rings. The van der Waals surface area contributed by atoms with Crippen LogP contribution in [-0.4, -0.2) is 52.3 Å². The van der Waals surface area contributed by atoms with Crippen molar-refractivity contribution in [3.05, 3.63) is 40.9 Å². The van der Waals surface area contributed by atoms with E-state index in [9.17, 15) is 9.59 Å². The third-order valence-corrected chi connectivity index (χ3v) is 6.88. The van der Waals surface area contributed by atoms with Crippen molar-refractivity contribution in [1.29, 1.82) is 0 Å². The quantitative estimate of drug-likeness (QED) is 0.787. The smallest absolute Gasteiger partial charge is 0.254 e. The molecule has 2 saturated heterocycles. The highest BCUT2D eigenvalue weighted by atomic mass is 32.1. The average molecular weight is 398 g/mol. The molecule has 6 heteroatoms. The molecule has 0 N–H and O–H groups in total. The van der Waals surface area contributed by atoms with E-state index in [0.717, 1.165) is 55.0 Å². The highest BCUT2D eigenvalue weighted by Crippen LogP contribution is 2.28. The first-order valence-electron chi connectivity index (χ1n) is 10.2. The van der Waals surface area contributed by atoms with Gasteiger partial charge in [0.1, 0.15) is 11.0 Å². The Labute approximate surface area is 170 Å². The molecule has 0 aliphatic carbocycles. The van der Waals surface area contributed by atoms with Crippen LogP contribution in [0.2, 0.25) is 0 Å². The number of piperidine rings is 1. The zero-order valence-corrected chi connectivity index (χ0v) is 17.4. The highest BCUT2D eigenvalue weighted by molar-refractivity contribution is 7.13. The number of nitrogens with zero attached hydrogens (tertiary/aromatic N) is 3. The lowest BCUT2D eigenvalue weighted by Gasteiger charge is -2.34. The lowest BCUT2D eigenvalue weighted by atomic mass is 9.98. The Morgan fingerprint density at radius 3 is 2.64 bits per heavy atom. The number of aryl methyl sites for hydroxylation is 1. The molecule has 2 amide bonds. The minimum atomic E-state index is -0.313. The molecule has 0 unspecified atom stereocenters. The molecule has 0 saturated carbocycles. The van der Waals surface area contributed by atoms with E-state index in [4.69, 9.17) is 0 Å². The fraction of sp³-hybridized carbons (Fsp3) is 0.500. The standard InChI is InChI=1S/C22H27N3O2S/c1-15-8-11-24(12-9-15)22(27)19-7-4-10-25(19)21(26)18-6-3-5-17(13-18)20-23-16(2)14-28-20/h3,5-6,13-15,19H,4,7-12H2,1-2H3/t19-/m1/s1. The fourth-order valence-corrected chi connectivity index (χ4v) is 4.94. The van der Waals surface area contributed by atoms with Crippen molar-refractivity contribution < 1.29 is 9.59 Å². The van der Waals surface area contributed by atoms with Gasteiger partial charge in [-0.1, -0.05) is 19.1 Å². The summed E-state index contributed by atoms with van der Waals surface area (Å²) in [7, 11) is 0. The van der Waals surface area contributed by atoms with Crippen LogP contribution >= 0.6 is 11.3 Å². The first kappa shape index (κ1) is 19.1. The first-order valence-corrected chi connectivity index (χ1v) is 11.0. The molecule has 4 rings (SSSR count). The average Bonchev–Trinajstić information content (AvgIpc) is 3.37. The number of aromatic nitrogens is 1. The van der Waals surface area contributed by atoms with Gasteiger partial charge in [0, 0.05) is 41.8 Å². The van der Waals surface area contributed by atoms with E-state index in [2.05, 4.69) is 11.9 Å². The van der Waals surface area contributed by atoms with E-state index in [1.807, 2.05) is 41.5 Å². The second kappa shape index (κ2) is 8.03. The summed E-state index contributed by atoms with van der Waals surface area (Å²) in [4.78, 5) is 34.6. The van der Waals surface area contributed by atoms with Crippen molar-refractivity contribution in [2.45, 2.75) is 45.6 Å². The Bertz CT molecular complexity index is 870. The van der Waals surface area contributed by atoms with Gasteiger partial charge in [-0.15, -0.1) is 11.3 Å². The van der Waals surface area contributed by atoms with Gasteiger partial charge < -0.3 is 9.80 Å². The summed E-state index contributed by atoms with van der Waals surface area (Å²) in [5.74, 6) is 0.767. The van der Waals surface area contributed by atoms with Crippen molar-refractivity contribution in [1.82, 2.24) is 14.8 Å². The van der Waals surface area contributed by atoms with Crippen LogP contribution in [-0.2, 0) is 4.79 Å². The Hall–Kier alpha value is -2.21. The number of carbonyl (C=O) groups excluding carboxylic acids is 2. The van der Waals surface area contributed by atoms with Crippen molar-refractivity contribution in [2.24, 2.45) is 5.92 Å². The SMILES string of the molecule is Cc1csc(-c2cccc(C(=O)N3CCC[C@@H]3C(=O)N3CCC(C)CC3)c2)n1. The van der Waals surface area contributed by atoms with Crippen LogP contribution in [0.1, 0.15) is 48.7 Å². The normalized spacial score (nSPS) is 20.6. The molecule has 148 valence electrons. The molecule has 1 aromatic heterocycles. The first-order chi connectivity index (χ1) is 13.5. The van der Waals surface area contributed by atoms with Gasteiger partial charge in [-0.25, -0.2) is 4.98 Å². The Morgan fingerprint density at radius 2 is 1.93 bits per heavy atom. The van der Waals surface area contributed by atoms with Gasteiger partial charge in [-0.3, -0.25) is 9.59 Å². The van der Waals surface area contributed by atoms with Crippen molar-refractivity contribution in [3.8, 4) is 10.6 Å². The number of hydrogen-bond donors (Lipinski definition) is 0. The summed E-state index contributed by atoms with van der Waals surface area (Å²) < 4.78 is 0. The molecule has 0 radical (unpaired) electrons. The summed E-state index contributed by atoms with van der Waals surface area (Å²) in [5.41, 5.74) is 2.58. The van der Waals surface area contributed by atoms with Crippen LogP contribution in [0.3, 0.4) is 0 Å². The summed E-state index contributed by atoms with van der Waals surface area (Å²) >= 11 is 1.58. The number of carbonyl (C=O) groups is 2. The molecule has 0 bridgehead atoms. The minimum absolute atomic E-state index is 0.0450. The Kier molecular flexibility index (Phi) is 5.49. The molecule has 3 heterocycles. The number of amides is 2. The van der Waals surface area contributed by atoms with Gasteiger partial charge in [0.25, 0.3) is 5.91 Å². The fourth-order valence-electron chi connectivity index (χ4n) is 4.14. The maximum atomic E-state index is 13.2. The molecule has 2 aromatic rings. The maximum absolute atomic E-state index is 13.2. The molecular weight excluding hydrogens is 370 g/mol. The van der Waals surface area contributed by atoms with E-state index >= 15 is 0 Å². The highest BCUT2D eigenvalue weighted by Gasteiger charge is 2.37. The van der Waals surface area contributed by atoms with Gasteiger partial charge in [0.05, 0.1) is 0 Å². The summed E-state index contributed by atoms with van der Waals surface area (Å²) in [6.45, 7) is 6.50. The molecule has 28 heavy (non-hydrogen) atoms. The van der Waals surface area contributed by atoms with E-state index in [-0.39, 0.29) is 17.9 Å². The van der Waals surface area contributed by atoms with Gasteiger partial charge >= 0.3 is 0 Å². The molecule has 5 nitrogen and oxygen atoms in total. The molecule has 0 spiro atoms. The number of rotatable bonds is 3. The molecular formula is C22H27N3O2S. The van der Waals surface area contributed by atoms with Crippen molar-refractivity contribution in [2.75, 3.05) is 19.6 Å². The van der Waals surface area contributed by atoms with Crippen LogP contribution in [0.4, 0.5) is 0 Å². The third-order valence-electron chi connectivity index (χ3n) is 5.87. The number of likely N-dealkylation sites (tertiary alicyclic amines) is 2. The van der Waals surface area contributed by atoms with E-state index in [1.165, 1.54) is 0 Å².